The predicted octanol–water partition coefficient (Wildman–Crippen LogP) is 4.46. The van der Waals surface area contributed by atoms with Gasteiger partial charge in [0.15, 0.2) is 0 Å². The summed E-state index contributed by atoms with van der Waals surface area (Å²) in [4.78, 5) is 22.9. The number of aromatic nitrogens is 2. The number of carbonyl (C=O) groups is 2. The van der Waals surface area contributed by atoms with Crippen LogP contribution in [0.3, 0.4) is 0 Å². The lowest BCUT2D eigenvalue weighted by atomic mass is 9.84. The minimum atomic E-state index is -5.08. The van der Waals surface area contributed by atoms with Crippen molar-refractivity contribution in [2.45, 2.75) is 56.7 Å². The van der Waals surface area contributed by atoms with Gasteiger partial charge in [0.25, 0.3) is 0 Å². The molecule has 2 N–H and O–H groups in total. The normalized spacial score (nSPS) is 17.6. The van der Waals surface area contributed by atoms with Gasteiger partial charge in [0.2, 0.25) is 0 Å². The maximum Gasteiger partial charge on any atom is 0.490 e. The second kappa shape index (κ2) is 13.2. The van der Waals surface area contributed by atoms with Crippen molar-refractivity contribution in [3.8, 4) is 0 Å². The molecule has 0 saturated carbocycles. The van der Waals surface area contributed by atoms with E-state index in [0.717, 1.165) is 31.7 Å². The van der Waals surface area contributed by atoms with E-state index in [2.05, 4.69) is 21.0 Å². The lowest BCUT2D eigenvalue weighted by Crippen LogP contribution is -2.51. The van der Waals surface area contributed by atoms with Gasteiger partial charge >= 0.3 is 24.3 Å². The zero-order valence-electron chi connectivity index (χ0n) is 21.0. The first-order valence-corrected chi connectivity index (χ1v) is 11.8. The number of nitrogens with zero attached hydrogens (tertiary/aromatic N) is 4. The summed E-state index contributed by atoms with van der Waals surface area (Å²) in [6, 6.07) is 9.14. The Kier molecular flexibility index (Phi) is 10.9. The third-order valence-electron chi connectivity index (χ3n) is 6.43. The minimum absolute atomic E-state index is 0.136. The van der Waals surface area contributed by atoms with Crippen LogP contribution in [0.2, 0.25) is 0 Å². The molecule has 4 rings (SSSR count). The molecule has 39 heavy (non-hydrogen) atoms. The lowest BCUT2D eigenvalue weighted by molar-refractivity contribution is -0.193. The summed E-state index contributed by atoms with van der Waals surface area (Å²) in [6.07, 6.45) is -3.14. The molecule has 8 nitrogen and oxygen atoms in total. The number of likely N-dealkylation sites (tertiary alicyclic amines) is 2. The van der Waals surface area contributed by atoms with Crippen LogP contribution in [-0.4, -0.2) is 79.3 Å². The van der Waals surface area contributed by atoms with Crippen molar-refractivity contribution in [3.63, 3.8) is 0 Å². The third-order valence-corrected chi connectivity index (χ3v) is 6.43. The van der Waals surface area contributed by atoms with Gasteiger partial charge in [-0.15, -0.1) is 0 Å². The first-order valence-electron chi connectivity index (χ1n) is 11.8. The molecular formula is C24H29F7N4O4. The van der Waals surface area contributed by atoms with Crippen molar-refractivity contribution >= 4 is 11.9 Å². The Bertz CT molecular complexity index is 1070. The van der Waals surface area contributed by atoms with E-state index in [0.29, 0.717) is 5.54 Å². The molecular weight excluding hydrogens is 541 g/mol. The molecule has 2 fully saturated rings. The van der Waals surface area contributed by atoms with Crippen LogP contribution >= 0.6 is 0 Å². The van der Waals surface area contributed by atoms with Crippen LogP contribution < -0.4 is 0 Å². The molecule has 0 amide bonds. The number of rotatable bonds is 4. The number of aliphatic carboxylic acids is 2. The highest BCUT2D eigenvalue weighted by Crippen LogP contribution is 2.39. The molecule has 2 aromatic rings. The topological polar surface area (TPSA) is 98.9 Å². The monoisotopic (exact) mass is 570 g/mol. The average Bonchev–Trinajstić information content (AvgIpc) is 3.41. The van der Waals surface area contributed by atoms with Crippen molar-refractivity contribution in [2.75, 3.05) is 19.6 Å². The second-order valence-electron chi connectivity index (χ2n) is 9.24. The van der Waals surface area contributed by atoms with Crippen molar-refractivity contribution in [3.05, 3.63) is 53.6 Å². The zero-order valence-corrected chi connectivity index (χ0v) is 21.0. The Morgan fingerprint density at radius 3 is 1.95 bits per heavy atom. The molecule has 2 saturated heterocycles. The van der Waals surface area contributed by atoms with Gasteiger partial charge in [0, 0.05) is 45.0 Å². The SMILES string of the molecule is Cn1ccc(CN2CCCC23CCN(Cc2cccc(F)c2)CC3)n1.O=C(O)C(F)(F)F.O=C(O)C(F)(F)F. The van der Waals surface area contributed by atoms with Gasteiger partial charge in [-0.3, -0.25) is 14.5 Å². The molecule has 1 spiro atoms. The molecule has 0 atom stereocenters. The summed E-state index contributed by atoms with van der Waals surface area (Å²) >= 11 is 0. The number of benzene rings is 1. The summed E-state index contributed by atoms with van der Waals surface area (Å²) in [5, 5.41) is 18.8. The highest BCUT2D eigenvalue weighted by Gasteiger charge is 2.43. The Labute approximate surface area is 219 Å². The van der Waals surface area contributed by atoms with E-state index >= 15 is 0 Å². The van der Waals surface area contributed by atoms with Crippen LogP contribution in [0.15, 0.2) is 36.5 Å². The van der Waals surface area contributed by atoms with Gasteiger partial charge in [-0.1, -0.05) is 12.1 Å². The number of aryl methyl sites for hydroxylation is 1. The molecule has 0 bridgehead atoms. The number of carboxylic acid groups (broad SMARTS) is 2. The molecule has 2 aliphatic rings. The molecule has 3 heterocycles. The van der Waals surface area contributed by atoms with Gasteiger partial charge in [-0.05, 0) is 56.0 Å². The van der Waals surface area contributed by atoms with E-state index in [1.165, 1.54) is 44.0 Å². The zero-order chi connectivity index (χ0) is 29.4. The van der Waals surface area contributed by atoms with Crippen LogP contribution in [0.1, 0.15) is 36.9 Å². The second-order valence-corrected chi connectivity index (χ2v) is 9.24. The fraction of sp³-hybridized carbons (Fsp3) is 0.542. The van der Waals surface area contributed by atoms with Crippen LogP contribution in [0.5, 0.6) is 0 Å². The molecule has 0 aliphatic carbocycles. The fourth-order valence-electron chi connectivity index (χ4n) is 4.57. The number of hydrogen-bond acceptors (Lipinski definition) is 5. The predicted molar refractivity (Wildman–Crippen MR) is 124 cm³/mol. The van der Waals surface area contributed by atoms with Crippen molar-refractivity contribution in [2.24, 2.45) is 7.05 Å². The Morgan fingerprint density at radius 1 is 0.923 bits per heavy atom. The summed E-state index contributed by atoms with van der Waals surface area (Å²) in [5.74, 6) is -5.65. The van der Waals surface area contributed by atoms with Gasteiger partial charge in [-0.25, -0.2) is 14.0 Å². The summed E-state index contributed by atoms with van der Waals surface area (Å²) < 4.78 is 78.7. The van der Waals surface area contributed by atoms with E-state index in [-0.39, 0.29) is 5.82 Å². The number of piperidine rings is 1. The maximum absolute atomic E-state index is 13.4. The van der Waals surface area contributed by atoms with Gasteiger partial charge in [-0.2, -0.15) is 31.4 Å². The molecule has 0 radical (unpaired) electrons. The van der Waals surface area contributed by atoms with E-state index < -0.39 is 24.3 Å². The van der Waals surface area contributed by atoms with E-state index in [9.17, 15) is 30.7 Å². The van der Waals surface area contributed by atoms with Gasteiger partial charge in [0.05, 0.1) is 5.69 Å². The van der Waals surface area contributed by atoms with Crippen LogP contribution in [0, 0.1) is 5.82 Å². The van der Waals surface area contributed by atoms with E-state index in [1.54, 1.807) is 6.07 Å². The molecule has 218 valence electrons. The molecule has 1 aromatic carbocycles. The first kappa shape index (κ1) is 32.0. The molecule has 1 aromatic heterocycles. The van der Waals surface area contributed by atoms with Crippen LogP contribution in [0.4, 0.5) is 30.7 Å². The number of alkyl halides is 6. The summed E-state index contributed by atoms with van der Waals surface area (Å²) in [6.45, 7) is 5.18. The number of halogens is 7. The van der Waals surface area contributed by atoms with Gasteiger partial charge in [0.1, 0.15) is 5.82 Å². The molecule has 15 heteroatoms. The van der Waals surface area contributed by atoms with Crippen molar-refractivity contribution in [1.82, 2.24) is 19.6 Å². The Hall–Kier alpha value is -3.20. The molecule has 0 unspecified atom stereocenters. The van der Waals surface area contributed by atoms with Crippen molar-refractivity contribution < 1.29 is 50.5 Å². The number of hydrogen-bond donors (Lipinski definition) is 2. The first-order chi connectivity index (χ1) is 18.0. The van der Waals surface area contributed by atoms with Crippen molar-refractivity contribution in [1.29, 1.82) is 0 Å². The summed E-state index contributed by atoms with van der Waals surface area (Å²) in [7, 11) is 1.98. The highest BCUT2D eigenvalue weighted by atomic mass is 19.4. The Balaban J connectivity index is 0.000000317. The van der Waals surface area contributed by atoms with Gasteiger partial charge < -0.3 is 10.2 Å². The quantitative estimate of drug-likeness (QED) is 0.524. The minimum Gasteiger partial charge on any atom is -0.475 e. The van der Waals surface area contributed by atoms with Crippen LogP contribution in [0.25, 0.3) is 0 Å². The summed E-state index contributed by atoms with van der Waals surface area (Å²) in [5.41, 5.74) is 2.59. The Morgan fingerprint density at radius 2 is 1.49 bits per heavy atom. The standard InChI is InChI=1S/C20H27FN4.2C2HF3O2/c1-23-11-6-19(22-23)16-25-10-3-7-20(25)8-12-24(13-9-20)15-17-4-2-5-18(21)14-17;2*3-2(4,5)1(6)7/h2,4-6,11,14H,3,7-10,12-13,15-16H2,1H3;2*(H,6,7). The fourth-order valence-corrected chi connectivity index (χ4v) is 4.57. The highest BCUT2D eigenvalue weighted by molar-refractivity contribution is 5.73. The average molecular weight is 571 g/mol. The number of carboxylic acids is 2. The van der Waals surface area contributed by atoms with E-state index in [4.69, 9.17) is 19.8 Å². The van der Waals surface area contributed by atoms with Crippen LogP contribution in [-0.2, 0) is 29.7 Å². The third kappa shape index (κ3) is 10.1. The largest absolute Gasteiger partial charge is 0.490 e. The maximum atomic E-state index is 13.4. The lowest BCUT2D eigenvalue weighted by Gasteiger charge is -2.45. The van der Waals surface area contributed by atoms with E-state index in [1.807, 2.05) is 30.1 Å². The molecule has 2 aliphatic heterocycles. The smallest absolute Gasteiger partial charge is 0.475 e.